The molecule has 5 nitrogen and oxygen atoms in total. The van der Waals surface area contributed by atoms with E-state index >= 15 is 0 Å². The lowest BCUT2D eigenvalue weighted by Crippen LogP contribution is -2.29. The Morgan fingerprint density at radius 1 is 0.815 bits per heavy atom. The average Bonchev–Trinajstić information content (AvgIpc) is 2.93. The molecule has 3 aromatic carbocycles. The quantitative estimate of drug-likeness (QED) is 0.720. The molecule has 0 radical (unpaired) electrons. The van der Waals surface area contributed by atoms with Crippen molar-refractivity contribution in [3.8, 4) is 0 Å². The van der Waals surface area contributed by atoms with Crippen LogP contribution in [0, 0.1) is 6.92 Å². The molecule has 4 rings (SSSR count). The van der Waals surface area contributed by atoms with Gasteiger partial charge in [-0.2, -0.15) is 0 Å². The maximum Gasteiger partial charge on any atom is 0.266 e. The number of rotatable bonds is 3. The van der Waals surface area contributed by atoms with E-state index in [-0.39, 0.29) is 17.4 Å². The molecule has 27 heavy (non-hydrogen) atoms. The predicted octanol–water partition coefficient (Wildman–Crippen LogP) is 4.05. The van der Waals surface area contributed by atoms with Gasteiger partial charge in [0.1, 0.15) is 0 Å². The number of amides is 3. The van der Waals surface area contributed by atoms with Crippen LogP contribution in [0.1, 0.15) is 36.6 Å². The molecule has 0 atom stereocenters. The fourth-order valence-corrected chi connectivity index (χ4v) is 3.04. The van der Waals surface area contributed by atoms with Crippen molar-refractivity contribution in [2.45, 2.75) is 6.92 Å². The molecule has 0 bridgehead atoms. The zero-order chi connectivity index (χ0) is 19.0. The number of nitrogens with zero attached hydrogens (tertiary/aromatic N) is 1. The molecule has 3 aromatic rings. The lowest BCUT2D eigenvalue weighted by Gasteiger charge is -2.13. The predicted molar refractivity (Wildman–Crippen MR) is 103 cm³/mol. The fourth-order valence-electron chi connectivity index (χ4n) is 3.04. The maximum atomic E-state index is 12.8. The average molecular weight is 356 g/mol. The molecule has 0 saturated carbocycles. The Bertz CT molecular complexity index is 1060. The molecule has 132 valence electrons. The number of hydrogen-bond acceptors (Lipinski definition) is 3. The van der Waals surface area contributed by atoms with Crippen molar-refractivity contribution >= 4 is 29.1 Å². The fraction of sp³-hybridized carbons (Fsp3) is 0.0455. The number of imide groups is 1. The highest BCUT2D eigenvalue weighted by Crippen LogP contribution is 2.30. The summed E-state index contributed by atoms with van der Waals surface area (Å²) in [5, 5.41) is 2.76. The summed E-state index contributed by atoms with van der Waals surface area (Å²) in [5.74, 6) is -1.03. The van der Waals surface area contributed by atoms with Gasteiger partial charge in [-0.1, -0.05) is 35.9 Å². The Hall–Kier alpha value is -3.73. The van der Waals surface area contributed by atoms with Gasteiger partial charge in [0.15, 0.2) is 0 Å². The molecule has 3 amide bonds. The Labute approximate surface area is 156 Å². The number of carbonyl (C=O) groups is 3. The van der Waals surface area contributed by atoms with Gasteiger partial charge in [0, 0.05) is 11.3 Å². The van der Waals surface area contributed by atoms with E-state index < -0.39 is 5.91 Å². The molecular weight excluding hydrogens is 340 g/mol. The molecule has 0 aliphatic carbocycles. The van der Waals surface area contributed by atoms with Crippen LogP contribution in [-0.2, 0) is 0 Å². The second-order valence-electron chi connectivity index (χ2n) is 6.36. The number of hydrogen-bond donors (Lipinski definition) is 1. The minimum Gasteiger partial charge on any atom is -0.322 e. The summed E-state index contributed by atoms with van der Waals surface area (Å²) in [6.45, 7) is 1.94. The van der Waals surface area contributed by atoms with Gasteiger partial charge in [-0.05, 0) is 49.4 Å². The first-order chi connectivity index (χ1) is 13.0. The standard InChI is InChI=1S/C22H16N2O3/c1-14-7-10-17(11-8-14)24-21(26)18-12-9-16(13-19(18)22(24)27)23-20(25)15-5-3-2-4-6-15/h2-13H,1H3,(H,23,25). The molecule has 5 heteroatoms. The minimum absolute atomic E-state index is 0.275. The van der Waals surface area contributed by atoms with Crippen LogP contribution in [0.2, 0.25) is 0 Å². The Kier molecular flexibility index (Phi) is 4.05. The van der Waals surface area contributed by atoms with Crippen LogP contribution in [0.3, 0.4) is 0 Å². The largest absolute Gasteiger partial charge is 0.322 e. The second-order valence-corrected chi connectivity index (χ2v) is 6.36. The first kappa shape index (κ1) is 16.7. The number of fused-ring (bicyclic) bond motifs is 1. The highest BCUT2D eigenvalue weighted by atomic mass is 16.2. The molecule has 1 aliphatic rings. The van der Waals surface area contributed by atoms with Crippen LogP contribution in [-0.4, -0.2) is 17.7 Å². The summed E-state index contributed by atoms with van der Waals surface area (Å²) in [7, 11) is 0. The maximum absolute atomic E-state index is 12.8. The van der Waals surface area contributed by atoms with Crippen LogP contribution in [0.25, 0.3) is 0 Å². The second kappa shape index (κ2) is 6.53. The van der Waals surface area contributed by atoms with E-state index in [1.807, 2.05) is 25.1 Å². The number of carbonyl (C=O) groups excluding carboxylic acids is 3. The van der Waals surface area contributed by atoms with Gasteiger partial charge in [0.05, 0.1) is 16.8 Å². The van der Waals surface area contributed by atoms with E-state index in [0.717, 1.165) is 10.5 Å². The van der Waals surface area contributed by atoms with E-state index in [1.165, 1.54) is 0 Å². The van der Waals surface area contributed by atoms with Crippen LogP contribution in [0.15, 0.2) is 72.8 Å². The summed E-state index contributed by atoms with van der Waals surface area (Å²) >= 11 is 0. The molecule has 0 fully saturated rings. The van der Waals surface area contributed by atoms with Crippen LogP contribution in [0.4, 0.5) is 11.4 Å². The SMILES string of the molecule is Cc1ccc(N2C(=O)c3ccc(NC(=O)c4ccccc4)cc3C2=O)cc1. The van der Waals surface area contributed by atoms with Crippen molar-refractivity contribution in [1.82, 2.24) is 0 Å². The first-order valence-electron chi connectivity index (χ1n) is 8.50. The minimum atomic E-state index is -0.394. The normalized spacial score (nSPS) is 12.9. The van der Waals surface area contributed by atoms with E-state index in [9.17, 15) is 14.4 Å². The van der Waals surface area contributed by atoms with Gasteiger partial charge in [-0.15, -0.1) is 0 Å². The zero-order valence-corrected chi connectivity index (χ0v) is 14.6. The van der Waals surface area contributed by atoms with Gasteiger partial charge in [0.25, 0.3) is 17.7 Å². The van der Waals surface area contributed by atoms with Crippen molar-refractivity contribution in [2.75, 3.05) is 10.2 Å². The number of nitrogens with one attached hydrogen (secondary N) is 1. The first-order valence-corrected chi connectivity index (χ1v) is 8.50. The van der Waals surface area contributed by atoms with Crippen molar-refractivity contribution in [3.63, 3.8) is 0 Å². The third-order valence-electron chi connectivity index (χ3n) is 4.47. The summed E-state index contributed by atoms with van der Waals surface area (Å²) in [5.41, 5.74) is 3.17. The third-order valence-corrected chi connectivity index (χ3v) is 4.47. The molecular formula is C22H16N2O3. The van der Waals surface area contributed by atoms with E-state index in [4.69, 9.17) is 0 Å². The number of aryl methyl sites for hydroxylation is 1. The Balaban J connectivity index is 1.62. The highest BCUT2D eigenvalue weighted by Gasteiger charge is 2.36. The summed E-state index contributed by atoms with van der Waals surface area (Å²) in [4.78, 5) is 38.9. The molecule has 0 saturated heterocycles. The molecule has 1 N–H and O–H groups in total. The van der Waals surface area contributed by atoms with Gasteiger partial charge < -0.3 is 5.32 Å². The van der Waals surface area contributed by atoms with E-state index in [2.05, 4.69) is 5.32 Å². The summed E-state index contributed by atoms with van der Waals surface area (Å²) in [6.07, 6.45) is 0. The molecule has 0 aromatic heterocycles. The van der Waals surface area contributed by atoms with Crippen LogP contribution < -0.4 is 10.2 Å². The topological polar surface area (TPSA) is 66.5 Å². The smallest absolute Gasteiger partial charge is 0.266 e. The molecule has 1 aliphatic heterocycles. The molecule has 0 unspecified atom stereocenters. The monoisotopic (exact) mass is 356 g/mol. The van der Waals surface area contributed by atoms with Gasteiger partial charge >= 0.3 is 0 Å². The van der Waals surface area contributed by atoms with Crippen molar-refractivity contribution in [1.29, 1.82) is 0 Å². The lowest BCUT2D eigenvalue weighted by atomic mass is 10.1. The highest BCUT2D eigenvalue weighted by molar-refractivity contribution is 6.34. The zero-order valence-electron chi connectivity index (χ0n) is 14.6. The number of benzene rings is 3. The Morgan fingerprint density at radius 2 is 1.48 bits per heavy atom. The van der Waals surface area contributed by atoms with Crippen molar-refractivity contribution < 1.29 is 14.4 Å². The summed E-state index contributed by atoms with van der Waals surface area (Å²) < 4.78 is 0. The molecule has 0 spiro atoms. The van der Waals surface area contributed by atoms with Gasteiger partial charge in [-0.25, -0.2) is 4.90 Å². The third kappa shape index (κ3) is 3.00. The van der Waals surface area contributed by atoms with Gasteiger partial charge in [0.2, 0.25) is 0 Å². The van der Waals surface area contributed by atoms with E-state index in [1.54, 1.807) is 54.6 Å². The van der Waals surface area contributed by atoms with Crippen molar-refractivity contribution in [3.05, 3.63) is 95.1 Å². The Morgan fingerprint density at radius 3 is 2.19 bits per heavy atom. The van der Waals surface area contributed by atoms with Crippen molar-refractivity contribution in [2.24, 2.45) is 0 Å². The lowest BCUT2D eigenvalue weighted by molar-refractivity contribution is 0.0924. The number of anilines is 2. The molecule has 1 heterocycles. The van der Waals surface area contributed by atoms with Crippen LogP contribution in [0.5, 0.6) is 0 Å². The summed E-state index contributed by atoms with van der Waals surface area (Å²) in [6, 6.07) is 20.7. The van der Waals surface area contributed by atoms with E-state index in [0.29, 0.717) is 22.5 Å². The van der Waals surface area contributed by atoms with Gasteiger partial charge in [-0.3, -0.25) is 14.4 Å². The van der Waals surface area contributed by atoms with Crippen LogP contribution >= 0.6 is 0 Å².